The number of aryl methyl sites for hydroxylation is 1. The molecule has 0 aromatic heterocycles. The van der Waals surface area contributed by atoms with Crippen LogP contribution in [0.1, 0.15) is 31.2 Å². The maximum absolute atomic E-state index is 10.9. The first-order chi connectivity index (χ1) is 10.7. The molecule has 2 fully saturated rings. The van der Waals surface area contributed by atoms with Crippen LogP contribution in [0.2, 0.25) is 0 Å². The van der Waals surface area contributed by atoms with Gasteiger partial charge in [-0.15, -0.1) is 0 Å². The molecule has 1 aliphatic carbocycles. The minimum absolute atomic E-state index is 0.279. The van der Waals surface area contributed by atoms with E-state index in [-0.39, 0.29) is 6.61 Å². The monoisotopic (exact) mass is 305 g/mol. The number of benzene rings is 1. The molecular formula is C18H27NO3. The van der Waals surface area contributed by atoms with E-state index in [1.54, 1.807) is 0 Å². The molecule has 1 aliphatic heterocycles. The lowest BCUT2D eigenvalue weighted by molar-refractivity contribution is -0.0670. The van der Waals surface area contributed by atoms with Gasteiger partial charge in [0.15, 0.2) is 0 Å². The van der Waals surface area contributed by atoms with Gasteiger partial charge < -0.3 is 14.6 Å². The number of β-amino-alcohol motifs (C(OH)–C–C–N with tert-alkyl or cyclic N) is 1. The molecule has 1 aromatic rings. The van der Waals surface area contributed by atoms with E-state index in [1.165, 1.54) is 25.7 Å². The molecule has 1 aromatic carbocycles. The molecule has 0 bridgehead atoms. The first kappa shape index (κ1) is 15.8. The van der Waals surface area contributed by atoms with E-state index in [4.69, 9.17) is 9.47 Å². The Hall–Kier alpha value is -1.10. The molecule has 4 heteroatoms. The minimum atomic E-state index is -0.929. The summed E-state index contributed by atoms with van der Waals surface area (Å²) in [5, 5.41) is 10.9. The highest BCUT2D eigenvalue weighted by Gasteiger charge is 2.36. The van der Waals surface area contributed by atoms with Crippen LogP contribution in [-0.2, 0) is 4.74 Å². The van der Waals surface area contributed by atoms with Gasteiger partial charge in [0.05, 0.1) is 13.2 Å². The number of para-hydroxylation sites is 1. The van der Waals surface area contributed by atoms with Crippen molar-refractivity contribution in [3.8, 4) is 5.75 Å². The Morgan fingerprint density at radius 3 is 2.86 bits per heavy atom. The molecule has 4 nitrogen and oxygen atoms in total. The highest BCUT2D eigenvalue weighted by atomic mass is 16.5. The maximum Gasteiger partial charge on any atom is 0.134 e. The molecule has 1 N–H and O–H groups in total. The molecule has 1 saturated carbocycles. The zero-order valence-corrected chi connectivity index (χ0v) is 13.5. The molecule has 3 rings (SSSR count). The summed E-state index contributed by atoms with van der Waals surface area (Å²) in [5.41, 5.74) is 0.162. The number of hydrogen-bond donors (Lipinski definition) is 1. The Kier molecular flexibility index (Phi) is 5.01. The van der Waals surface area contributed by atoms with Crippen molar-refractivity contribution in [2.45, 2.75) is 44.2 Å². The lowest BCUT2D eigenvalue weighted by Gasteiger charge is -2.34. The van der Waals surface area contributed by atoms with Crippen LogP contribution in [-0.4, -0.2) is 54.6 Å². The molecule has 0 radical (unpaired) electrons. The smallest absolute Gasteiger partial charge is 0.134 e. The van der Waals surface area contributed by atoms with Crippen molar-refractivity contribution in [2.75, 3.05) is 32.9 Å². The van der Waals surface area contributed by atoms with Crippen molar-refractivity contribution in [3.63, 3.8) is 0 Å². The van der Waals surface area contributed by atoms with Crippen LogP contribution in [0.4, 0.5) is 0 Å². The third-order valence-electron chi connectivity index (χ3n) is 4.82. The molecule has 0 spiro atoms. The fraction of sp³-hybridized carbons (Fsp3) is 0.667. The molecule has 22 heavy (non-hydrogen) atoms. The summed E-state index contributed by atoms with van der Waals surface area (Å²) in [6.45, 7) is 4.90. The lowest BCUT2D eigenvalue weighted by atomic mass is 10.0. The summed E-state index contributed by atoms with van der Waals surface area (Å²) < 4.78 is 11.5. The van der Waals surface area contributed by atoms with Gasteiger partial charge in [-0.05, 0) is 31.4 Å². The van der Waals surface area contributed by atoms with E-state index >= 15 is 0 Å². The van der Waals surface area contributed by atoms with Crippen molar-refractivity contribution in [1.29, 1.82) is 0 Å². The van der Waals surface area contributed by atoms with Gasteiger partial charge in [-0.25, -0.2) is 0 Å². The molecule has 1 saturated heterocycles. The molecule has 0 amide bonds. The summed E-state index contributed by atoms with van der Waals surface area (Å²) in [6, 6.07) is 8.53. The van der Waals surface area contributed by atoms with Crippen LogP contribution in [0.3, 0.4) is 0 Å². The predicted octanol–water partition coefficient (Wildman–Crippen LogP) is 2.38. The Balaban J connectivity index is 1.63. The summed E-state index contributed by atoms with van der Waals surface area (Å²) in [7, 11) is 0. The van der Waals surface area contributed by atoms with Crippen LogP contribution in [0.25, 0.3) is 0 Å². The van der Waals surface area contributed by atoms with Gasteiger partial charge in [0.25, 0.3) is 0 Å². The normalized spacial score (nSPS) is 27.7. The van der Waals surface area contributed by atoms with Gasteiger partial charge in [0, 0.05) is 19.1 Å². The summed E-state index contributed by atoms with van der Waals surface area (Å²) >= 11 is 0. The van der Waals surface area contributed by atoms with Crippen LogP contribution >= 0.6 is 0 Å². The largest absolute Gasteiger partial charge is 0.490 e. The van der Waals surface area contributed by atoms with Gasteiger partial charge in [0.2, 0.25) is 0 Å². The van der Waals surface area contributed by atoms with Gasteiger partial charge in [0.1, 0.15) is 18.0 Å². The molecule has 2 aliphatic rings. The fourth-order valence-electron chi connectivity index (χ4n) is 3.55. The highest BCUT2D eigenvalue weighted by molar-refractivity contribution is 5.31. The zero-order chi connectivity index (χ0) is 15.4. The lowest BCUT2D eigenvalue weighted by Crippen LogP contribution is -2.51. The molecule has 1 heterocycles. The van der Waals surface area contributed by atoms with E-state index in [1.807, 2.05) is 31.2 Å². The van der Waals surface area contributed by atoms with Crippen LogP contribution in [0, 0.1) is 6.92 Å². The maximum atomic E-state index is 10.9. The quantitative estimate of drug-likeness (QED) is 0.927. The number of hydrogen-bond acceptors (Lipinski definition) is 4. The van der Waals surface area contributed by atoms with Gasteiger partial charge in [-0.2, -0.15) is 0 Å². The Labute approximate surface area is 133 Å². The number of ether oxygens (including phenoxy) is 2. The highest BCUT2D eigenvalue weighted by Crippen LogP contribution is 2.27. The van der Waals surface area contributed by atoms with E-state index in [0.29, 0.717) is 25.8 Å². The van der Waals surface area contributed by atoms with E-state index in [2.05, 4.69) is 4.90 Å². The minimum Gasteiger partial charge on any atom is -0.490 e. The van der Waals surface area contributed by atoms with Crippen LogP contribution in [0.5, 0.6) is 5.75 Å². The topological polar surface area (TPSA) is 41.9 Å². The first-order valence-electron chi connectivity index (χ1n) is 8.39. The van der Waals surface area contributed by atoms with Gasteiger partial charge in [-0.3, -0.25) is 4.90 Å². The van der Waals surface area contributed by atoms with Crippen molar-refractivity contribution < 1.29 is 14.6 Å². The van der Waals surface area contributed by atoms with Crippen molar-refractivity contribution >= 4 is 0 Å². The Morgan fingerprint density at radius 1 is 1.32 bits per heavy atom. The molecule has 1 atom stereocenters. The van der Waals surface area contributed by atoms with Crippen molar-refractivity contribution in [1.82, 2.24) is 4.90 Å². The Morgan fingerprint density at radius 2 is 2.09 bits per heavy atom. The van der Waals surface area contributed by atoms with E-state index in [0.717, 1.165) is 17.9 Å². The fourth-order valence-corrected chi connectivity index (χ4v) is 3.55. The van der Waals surface area contributed by atoms with Gasteiger partial charge in [-0.1, -0.05) is 31.0 Å². The summed E-state index contributed by atoms with van der Waals surface area (Å²) in [6.07, 6.45) is 5.10. The summed E-state index contributed by atoms with van der Waals surface area (Å²) in [5.74, 6) is 0.840. The average Bonchev–Trinajstić information content (AvgIpc) is 2.97. The standard InChI is InChI=1S/C18H27NO3/c1-15-6-2-5-9-17(15)22-14-18(20)12-19(10-11-21-13-18)16-7-3-4-8-16/h2,5-6,9,16,20H,3-4,7-8,10-14H2,1H3. The van der Waals surface area contributed by atoms with Gasteiger partial charge >= 0.3 is 0 Å². The number of aliphatic hydroxyl groups is 1. The second-order valence-corrected chi connectivity index (χ2v) is 6.74. The Bertz CT molecular complexity index is 487. The second kappa shape index (κ2) is 6.99. The second-order valence-electron chi connectivity index (χ2n) is 6.74. The van der Waals surface area contributed by atoms with Crippen molar-refractivity contribution in [3.05, 3.63) is 29.8 Å². The predicted molar refractivity (Wildman–Crippen MR) is 86.3 cm³/mol. The van der Waals surface area contributed by atoms with Crippen LogP contribution in [0.15, 0.2) is 24.3 Å². The number of rotatable bonds is 4. The van der Waals surface area contributed by atoms with E-state index in [9.17, 15) is 5.11 Å². The van der Waals surface area contributed by atoms with E-state index < -0.39 is 5.60 Å². The molecule has 1 unspecified atom stereocenters. The van der Waals surface area contributed by atoms with Crippen molar-refractivity contribution in [2.24, 2.45) is 0 Å². The number of nitrogens with zero attached hydrogens (tertiary/aromatic N) is 1. The third-order valence-corrected chi connectivity index (χ3v) is 4.82. The third kappa shape index (κ3) is 3.80. The van der Waals surface area contributed by atoms with Crippen LogP contribution < -0.4 is 4.74 Å². The summed E-state index contributed by atoms with van der Waals surface area (Å²) in [4.78, 5) is 2.40. The molecule has 122 valence electrons. The average molecular weight is 305 g/mol. The first-order valence-corrected chi connectivity index (χ1v) is 8.39. The molecular weight excluding hydrogens is 278 g/mol. The SMILES string of the molecule is Cc1ccccc1OCC1(O)COCCN(C2CCCC2)C1. The zero-order valence-electron chi connectivity index (χ0n) is 13.5.